The van der Waals surface area contributed by atoms with Crippen LogP contribution in [0.5, 0.6) is 0 Å². The molecule has 5 nitrogen and oxygen atoms in total. The maximum absolute atomic E-state index is 14.2. The summed E-state index contributed by atoms with van der Waals surface area (Å²) in [6, 6.07) is 8.30. The minimum atomic E-state index is -3.78. The van der Waals surface area contributed by atoms with Gasteiger partial charge in [0.2, 0.25) is 0 Å². The normalized spacial score (nSPS) is 13.1. The third-order valence-electron chi connectivity index (χ3n) is 3.37. The highest BCUT2D eigenvalue weighted by molar-refractivity contribution is 7.91. The smallest absolute Gasteiger partial charge is 0.251 e. The van der Waals surface area contributed by atoms with Crippen LogP contribution in [0.25, 0.3) is 0 Å². The molecule has 3 rings (SSSR count). The summed E-state index contributed by atoms with van der Waals surface area (Å²) in [4.78, 5) is 4.17. The van der Waals surface area contributed by atoms with Crippen LogP contribution in [0.4, 0.5) is 4.39 Å². The van der Waals surface area contributed by atoms with Gasteiger partial charge in [0.25, 0.3) is 10.0 Å². The molecular formula is C15H14FN3O2S2. The van der Waals surface area contributed by atoms with E-state index in [0.29, 0.717) is 5.82 Å². The summed E-state index contributed by atoms with van der Waals surface area (Å²) in [6.07, 6.45) is 3.23. The largest absolute Gasteiger partial charge is 0.336 e. The van der Waals surface area contributed by atoms with Crippen molar-refractivity contribution < 1.29 is 12.8 Å². The number of hydrogen-bond donors (Lipinski definition) is 1. The molecule has 0 aliphatic rings. The summed E-state index contributed by atoms with van der Waals surface area (Å²) in [5, 5.41) is 1.67. The van der Waals surface area contributed by atoms with Crippen molar-refractivity contribution in [3.05, 3.63) is 71.4 Å². The van der Waals surface area contributed by atoms with Crippen LogP contribution < -0.4 is 4.72 Å². The summed E-state index contributed by atoms with van der Waals surface area (Å²) in [5.41, 5.74) is 0.224. The predicted octanol–water partition coefficient (Wildman–Crippen LogP) is 2.69. The van der Waals surface area contributed by atoms with Gasteiger partial charge < -0.3 is 4.57 Å². The van der Waals surface area contributed by atoms with Crippen LogP contribution in [0.15, 0.2) is 58.4 Å². The highest BCUT2D eigenvalue weighted by Crippen LogP contribution is 2.26. The second kappa shape index (κ2) is 6.23. The number of hydrogen-bond acceptors (Lipinski definition) is 4. The van der Waals surface area contributed by atoms with E-state index < -0.39 is 21.9 Å². The second-order valence-electron chi connectivity index (χ2n) is 4.90. The van der Waals surface area contributed by atoms with Crippen LogP contribution in [0.3, 0.4) is 0 Å². The van der Waals surface area contributed by atoms with E-state index in [-0.39, 0.29) is 9.77 Å². The molecule has 0 fully saturated rings. The molecular weight excluding hydrogens is 337 g/mol. The summed E-state index contributed by atoms with van der Waals surface area (Å²) < 4.78 is 43.7. The zero-order chi connectivity index (χ0) is 16.4. The van der Waals surface area contributed by atoms with E-state index in [2.05, 4.69) is 9.71 Å². The highest BCUT2D eigenvalue weighted by atomic mass is 32.2. The van der Waals surface area contributed by atoms with Crippen LogP contribution in [0.2, 0.25) is 0 Å². The van der Waals surface area contributed by atoms with Gasteiger partial charge in [0.15, 0.2) is 0 Å². The Bertz CT molecular complexity index is 904. The minimum absolute atomic E-state index is 0.174. The van der Waals surface area contributed by atoms with E-state index in [0.717, 1.165) is 11.3 Å². The van der Waals surface area contributed by atoms with Gasteiger partial charge in [-0.15, -0.1) is 11.3 Å². The second-order valence-corrected chi connectivity index (χ2v) is 7.79. The van der Waals surface area contributed by atoms with Crippen LogP contribution in [0, 0.1) is 5.82 Å². The lowest BCUT2D eigenvalue weighted by Crippen LogP contribution is -2.31. The number of thiophene rings is 1. The molecule has 120 valence electrons. The average Bonchev–Trinajstić information content (AvgIpc) is 3.17. The van der Waals surface area contributed by atoms with Crippen LogP contribution in [-0.2, 0) is 17.1 Å². The van der Waals surface area contributed by atoms with Crippen molar-refractivity contribution in [3.8, 4) is 0 Å². The van der Waals surface area contributed by atoms with Crippen molar-refractivity contribution in [2.45, 2.75) is 10.3 Å². The molecule has 0 aliphatic heterocycles. The van der Waals surface area contributed by atoms with Gasteiger partial charge in [-0.3, -0.25) is 0 Å². The number of halogens is 1. The number of aryl methyl sites for hydroxylation is 1. The van der Waals surface area contributed by atoms with Gasteiger partial charge in [0, 0.05) is 25.0 Å². The maximum Gasteiger partial charge on any atom is 0.251 e. The van der Waals surface area contributed by atoms with Crippen molar-refractivity contribution in [1.29, 1.82) is 0 Å². The topological polar surface area (TPSA) is 64.0 Å². The quantitative estimate of drug-likeness (QED) is 0.769. The molecule has 0 radical (unpaired) electrons. The first kappa shape index (κ1) is 15.9. The number of imidazole rings is 1. The first-order valence-electron chi connectivity index (χ1n) is 6.76. The minimum Gasteiger partial charge on any atom is -0.336 e. The van der Waals surface area contributed by atoms with E-state index in [1.54, 1.807) is 53.7 Å². The van der Waals surface area contributed by atoms with E-state index in [1.807, 2.05) is 0 Å². The number of aromatic nitrogens is 2. The van der Waals surface area contributed by atoms with Gasteiger partial charge in [0.05, 0.1) is 0 Å². The fraction of sp³-hybridized carbons (Fsp3) is 0.133. The Kier molecular flexibility index (Phi) is 4.29. The molecule has 0 saturated carbocycles. The third-order valence-corrected chi connectivity index (χ3v) is 6.19. The molecule has 0 aliphatic carbocycles. The Hall–Kier alpha value is -2.03. The number of benzene rings is 1. The van der Waals surface area contributed by atoms with Crippen LogP contribution in [0.1, 0.15) is 17.4 Å². The third kappa shape index (κ3) is 3.19. The van der Waals surface area contributed by atoms with E-state index >= 15 is 0 Å². The van der Waals surface area contributed by atoms with Crippen molar-refractivity contribution in [2.75, 3.05) is 0 Å². The van der Waals surface area contributed by atoms with Crippen LogP contribution in [-0.4, -0.2) is 18.0 Å². The Morgan fingerprint density at radius 3 is 2.65 bits per heavy atom. The number of nitrogens with one attached hydrogen (secondary N) is 1. The van der Waals surface area contributed by atoms with E-state index in [9.17, 15) is 12.8 Å². The Balaban J connectivity index is 2.07. The van der Waals surface area contributed by atoms with E-state index in [1.165, 1.54) is 12.1 Å². The van der Waals surface area contributed by atoms with Crippen LogP contribution >= 0.6 is 11.3 Å². The molecule has 0 saturated heterocycles. The number of nitrogens with zero attached hydrogens (tertiary/aromatic N) is 2. The molecule has 1 unspecified atom stereocenters. The molecule has 0 amide bonds. The molecule has 23 heavy (non-hydrogen) atoms. The fourth-order valence-electron chi connectivity index (χ4n) is 2.25. The lowest BCUT2D eigenvalue weighted by Gasteiger charge is -2.19. The fourth-order valence-corrected chi connectivity index (χ4v) is 4.43. The molecule has 1 N–H and O–H groups in total. The average molecular weight is 351 g/mol. The number of sulfonamides is 1. The van der Waals surface area contributed by atoms with Gasteiger partial charge in [-0.2, -0.15) is 4.72 Å². The van der Waals surface area contributed by atoms with Crippen molar-refractivity contribution in [2.24, 2.45) is 7.05 Å². The predicted molar refractivity (Wildman–Crippen MR) is 86.1 cm³/mol. The maximum atomic E-state index is 14.2. The molecule has 2 heterocycles. The Labute approximate surface area is 137 Å². The SMILES string of the molecule is Cn1ccnc1C(NS(=O)(=O)c1cccs1)c1ccccc1F. The van der Waals surface area contributed by atoms with E-state index in [4.69, 9.17) is 0 Å². The van der Waals surface area contributed by atoms with Gasteiger partial charge in [-0.05, 0) is 17.5 Å². The molecule has 1 atom stereocenters. The molecule has 0 bridgehead atoms. The van der Waals surface area contributed by atoms with Gasteiger partial charge >= 0.3 is 0 Å². The summed E-state index contributed by atoms with van der Waals surface area (Å²) in [5.74, 6) is -0.0791. The van der Waals surface area contributed by atoms with Gasteiger partial charge in [0.1, 0.15) is 21.9 Å². The van der Waals surface area contributed by atoms with Crippen molar-refractivity contribution in [1.82, 2.24) is 14.3 Å². The zero-order valence-electron chi connectivity index (χ0n) is 12.2. The van der Waals surface area contributed by atoms with Gasteiger partial charge in [-0.1, -0.05) is 24.3 Å². The summed E-state index contributed by atoms with van der Waals surface area (Å²) in [7, 11) is -2.04. The molecule has 0 spiro atoms. The standard InChI is InChI=1S/C15H14FN3O2S2/c1-19-9-8-17-15(19)14(11-5-2-3-6-12(11)16)18-23(20,21)13-7-4-10-22-13/h2-10,14,18H,1H3. The summed E-state index contributed by atoms with van der Waals surface area (Å²) in [6.45, 7) is 0. The molecule has 2 aromatic heterocycles. The summed E-state index contributed by atoms with van der Waals surface area (Å²) >= 11 is 1.10. The Morgan fingerprint density at radius 2 is 2.04 bits per heavy atom. The zero-order valence-corrected chi connectivity index (χ0v) is 13.8. The van der Waals surface area contributed by atoms with Crippen molar-refractivity contribution >= 4 is 21.4 Å². The Morgan fingerprint density at radius 1 is 1.26 bits per heavy atom. The lowest BCUT2D eigenvalue weighted by atomic mass is 10.1. The number of rotatable bonds is 5. The molecule has 8 heteroatoms. The first-order chi connectivity index (χ1) is 11.0. The molecule has 3 aromatic rings. The monoisotopic (exact) mass is 351 g/mol. The molecule has 1 aromatic carbocycles. The van der Waals surface area contributed by atoms with Gasteiger partial charge in [-0.25, -0.2) is 17.8 Å². The lowest BCUT2D eigenvalue weighted by molar-refractivity contribution is 0.546. The first-order valence-corrected chi connectivity index (χ1v) is 9.13. The highest BCUT2D eigenvalue weighted by Gasteiger charge is 2.28. The van der Waals surface area contributed by atoms with Crippen molar-refractivity contribution in [3.63, 3.8) is 0 Å².